The average Bonchev–Trinajstić information content (AvgIpc) is 3.80. The number of para-hydroxylation sites is 1. The van der Waals surface area contributed by atoms with Crippen LogP contribution in [-0.4, -0.2) is 19.5 Å². The first kappa shape index (κ1) is 30.7. The lowest BCUT2D eigenvalue weighted by Crippen LogP contribution is -2.07. The molecule has 8 aromatic carbocycles. The van der Waals surface area contributed by atoms with Gasteiger partial charge < -0.3 is 0 Å². The average molecular weight is 707 g/mol. The van der Waals surface area contributed by atoms with E-state index in [1.165, 1.54) is 25.7 Å². The van der Waals surface area contributed by atoms with Crippen LogP contribution < -0.4 is 0 Å². The second kappa shape index (κ2) is 12.3. The number of hydrogen-bond donors (Lipinski definition) is 0. The van der Waals surface area contributed by atoms with Crippen molar-refractivity contribution in [1.29, 1.82) is 0 Å². The topological polar surface area (TPSA) is 43.6 Å². The molecule has 0 saturated carbocycles. The number of thiophene rings is 1. The van der Waals surface area contributed by atoms with Gasteiger partial charge in [0.25, 0.3) is 0 Å². The smallest absolute Gasteiger partial charge is 0.238 e. The van der Waals surface area contributed by atoms with Crippen LogP contribution in [0.2, 0.25) is 0 Å². The number of aromatic nitrogens is 4. The fourth-order valence-corrected chi connectivity index (χ4v) is 8.99. The number of nitrogens with zero attached hydrogens (tertiary/aromatic N) is 4. The third-order valence-corrected chi connectivity index (χ3v) is 11.6. The van der Waals surface area contributed by atoms with Crippen LogP contribution in [0.5, 0.6) is 0 Å². The number of fused-ring (bicyclic) bond motifs is 8. The minimum Gasteiger partial charge on any atom is -0.277 e. The Morgan fingerprint density at radius 1 is 0.352 bits per heavy atom. The molecule has 11 aromatic rings. The van der Waals surface area contributed by atoms with Crippen LogP contribution in [0.3, 0.4) is 0 Å². The molecule has 0 unspecified atom stereocenters. The lowest BCUT2D eigenvalue weighted by Gasteiger charge is -2.14. The summed E-state index contributed by atoms with van der Waals surface area (Å²) in [5.41, 5.74) is 8.60. The van der Waals surface area contributed by atoms with E-state index in [9.17, 15) is 0 Å². The zero-order valence-electron chi connectivity index (χ0n) is 29.0. The molecule has 3 aromatic heterocycles. The standard InChI is InChI=1S/C49H30N4S/c1-3-12-31(13-4-1)32-22-24-35(25-23-32)48-50-47(34-15-5-2-6-16-34)51-49(52-48)53-45-37-17-8-7-14-33(37)26-28-41(45)40-20-11-19-38(46(40)53)36-27-29-44-42(30-36)39-18-9-10-21-43(39)54-44/h1-30H. The minimum absolute atomic E-state index is 0.580. The molecule has 54 heavy (non-hydrogen) atoms. The van der Waals surface area contributed by atoms with Gasteiger partial charge in [0.1, 0.15) is 0 Å². The minimum atomic E-state index is 0.580. The fraction of sp³-hybridized carbons (Fsp3) is 0. The summed E-state index contributed by atoms with van der Waals surface area (Å²) in [5.74, 6) is 1.83. The van der Waals surface area contributed by atoms with Gasteiger partial charge in [0.2, 0.25) is 5.95 Å². The lowest BCUT2D eigenvalue weighted by atomic mass is 9.99. The summed E-state index contributed by atoms with van der Waals surface area (Å²) in [6, 6.07) is 64.4. The SMILES string of the molecule is c1ccc(-c2ccc(-c3nc(-c4ccccc4)nc(-n4c5c(-c6ccc7sc8ccccc8c7c6)cccc5c5ccc6ccccc6c54)n3)cc2)cc1. The van der Waals surface area contributed by atoms with Gasteiger partial charge in [-0.3, -0.25) is 4.57 Å². The van der Waals surface area contributed by atoms with E-state index in [2.05, 4.69) is 162 Å². The second-order valence-corrected chi connectivity index (χ2v) is 14.7. The monoisotopic (exact) mass is 706 g/mol. The van der Waals surface area contributed by atoms with E-state index in [-0.39, 0.29) is 0 Å². The Morgan fingerprint density at radius 2 is 0.926 bits per heavy atom. The fourth-order valence-electron chi connectivity index (χ4n) is 7.91. The first-order valence-electron chi connectivity index (χ1n) is 18.1. The molecule has 0 aliphatic rings. The molecular weight excluding hydrogens is 677 g/mol. The highest BCUT2D eigenvalue weighted by atomic mass is 32.1. The lowest BCUT2D eigenvalue weighted by molar-refractivity contribution is 0.955. The number of benzene rings is 8. The van der Waals surface area contributed by atoms with Crippen molar-refractivity contribution in [2.75, 3.05) is 0 Å². The molecule has 5 heteroatoms. The van der Waals surface area contributed by atoms with Crippen LogP contribution >= 0.6 is 11.3 Å². The molecule has 3 heterocycles. The molecule has 0 spiro atoms. The Morgan fingerprint density at radius 3 is 1.72 bits per heavy atom. The predicted molar refractivity (Wildman–Crippen MR) is 226 cm³/mol. The van der Waals surface area contributed by atoms with E-state index in [1.807, 2.05) is 35.6 Å². The van der Waals surface area contributed by atoms with Crippen LogP contribution in [0, 0.1) is 0 Å². The van der Waals surface area contributed by atoms with E-state index in [0.717, 1.165) is 60.4 Å². The summed E-state index contributed by atoms with van der Waals surface area (Å²) in [6.07, 6.45) is 0. The molecule has 0 atom stereocenters. The maximum absolute atomic E-state index is 5.34. The Kier molecular flexibility index (Phi) is 7.00. The number of rotatable bonds is 5. The Balaban J connectivity index is 1.22. The Hall–Kier alpha value is -6.95. The largest absolute Gasteiger partial charge is 0.277 e. The molecule has 0 N–H and O–H groups in total. The van der Waals surface area contributed by atoms with Crippen LogP contribution in [0.1, 0.15) is 0 Å². The van der Waals surface area contributed by atoms with Crippen LogP contribution in [0.15, 0.2) is 182 Å². The molecule has 4 nitrogen and oxygen atoms in total. The van der Waals surface area contributed by atoms with E-state index < -0.39 is 0 Å². The van der Waals surface area contributed by atoms with E-state index >= 15 is 0 Å². The summed E-state index contributed by atoms with van der Waals surface area (Å²) in [5, 5.41) is 7.17. The maximum Gasteiger partial charge on any atom is 0.238 e. The first-order chi connectivity index (χ1) is 26.8. The molecule has 11 rings (SSSR count). The van der Waals surface area contributed by atoms with Crippen LogP contribution in [-0.2, 0) is 0 Å². The molecule has 0 aliphatic carbocycles. The summed E-state index contributed by atoms with van der Waals surface area (Å²) in [4.78, 5) is 15.8. The van der Waals surface area contributed by atoms with Crippen molar-refractivity contribution in [3.8, 4) is 51.0 Å². The quantitative estimate of drug-likeness (QED) is 0.179. The Labute approximate surface area is 315 Å². The zero-order chi connectivity index (χ0) is 35.6. The van der Waals surface area contributed by atoms with E-state index in [4.69, 9.17) is 15.0 Å². The van der Waals surface area contributed by atoms with E-state index in [0.29, 0.717) is 17.6 Å². The van der Waals surface area contributed by atoms with Crippen LogP contribution in [0.25, 0.3) is 104 Å². The Bertz CT molecular complexity index is 3200. The summed E-state index contributed by atoms with van der Waals surface area (Å²) in [7, 11) is 0. The van der Waals surface area contributed by atoms with Gasteiger partial charge in [0.05, 0.1) is 11.0 Å². The zero-order valence-corrected chi connectivity index (χ0v) is 29.8. The summed E-state index contributed by atoms with van der Waals surface area (Å²) in [6.45, 7) is 0. The normalized spacial score (nSPS) is 11.7. The molecule has 0 bridgehead atoms. The van der Waals surface area contributed by atoms with Gasteiger partial charge in [-0.15, -0.1) is 11.3 Å². The van der Waals surface area contributed by atoms with Crippen LogP contribution in [0.4, 0.5) is 0 Å². The third kappa shape index (κ3) is 4.94. The van der Waals surface area contributed by atoms with Crippen molar-refractivity contribution in [2.24, 2.45) is 0 Å². The van der Waals surface area contributed by atoms with Gasteiger partial charge in [0.15, 0.2) is 11.6 Å². The van der Waals surface area contributed by atoms with Gasteiger partial charge in [-0.25, -0.2) is 4.98 Å². The molecule has 252 valence electrons. The van der Waals surface area contributed by atoms with Gasteiger partial charge in [0, 0.05) is 53.0 Å². The number of hydrogen-bond acceptors (Lipinski definition) is 4. The van der Waals surface area contributed by atoms with Crippen molar-refractivity contribution >= 4 is 64.1 Å². The summed E-state index contributed by atoms with van der Waals surface area (Å²) >= 11 is 1.84. The van der Waals surface area contributed by atoms with Crippen molar-refractivity contribution in [3.63, 3.8) is 0 Å². The highest BCUT2D eigenvalue weighted by Crippen LogP contribution is 2.43. The molecule has 0 radical (unpaired) electrons. The van der Waals surface area contributed by atoms with Gasteiger partial charge >= 0.3 is 0 Å². The second-order valence-electron chi connectivity index (χ2n) is 13.6. The van der Waals surface area contributed by atoms with E-state index in [1.54, 1.807) is 0 Å². The van der Waals surface area contributed by atoms with Gasteiger partial charge in [-0.05, 0) is 40.3 Å². The third-order valence-electron chi connectivity index (χ3n) is 10.5. The summed E-state index contributed by atoms with van der Waals surface area (Å²) < 4.78 is 4.87. The molecular formula is C49H30N4S. The maximum atomic E-state index is 5.34. The highest BCUT2D eigenvalue weighted by molar-refractivity contribution is 7.25. The van der Waals surface area contributed by atoms with Gasteiger partial charge in [-0.1, -0.05) is 164 Å². The molecule has 0 aliphatic heterocycles. The highest BCUT2D eigenvalue weighted by Gasteiger charge is 2.22. The molecule has 0 saturated heterocycles. The molecule has 0 amide bonds. The van der Waals surface area contributed by atoms with Crippen molar-refractivity contribution in [2.45, 2.75) is 0 Å². The predicted octanol–water partition coefficient (Wildman–Crippen LogP) is 13.2. The van der Waals surface area contributed by atoms with Gasteiger partial charge in [-0.2, -0.15) is 9.97 Å². The molecule has 0 fully saturated rings. The first-order valence-corrected chi connectivity index (χ1v) is 18.9. The van der Waals surface area contributed by atoms with Crippen molar-refractivity contribution in [3.05, 3.63) is 182 Å². The van der Waals surface area contributed by atoms with Crippen molar-refractivity contribution < 1.29 is 0 Å². The van der Waals surface area contributed by atoms with Crippen molar-refractivity contribution in [1.82, 2.24) is 19.5 Å².